The molecule has 1 saturated carbocycles. The summed E-state index contributed by atoms with van der Waals surface area (Å²) in [4.78, 5) is 10.3. The van der Waals surface area contributed by atoms with Crippen LogP contribution in [0.5, 0.6) is 5.75 Å². The summed E-state index contributed by atoms with van der Waals surface area (Å²) < 4.78 is 0. The Balaban J connectivity index is 0.000000199. The number of rotatable bonds is 1. The number of hydrogen-bond donors (Lipinski definition) is 2. The van der Waals surface area contributed by atoms with Gasteiger partial charge in [-0.1, -0.05) is 19.3 Å². The van der Waals surface area contributed by atoms with Crippen LogP contribution < -0.4 is 5.73 Å². The molecule has 0 spiro atoms. The summed E-state index contributed by atoms with van der Waals surface area (Å²) in [6.45, 7) is 3.55. The van der Waals surface area contributed by atoms with Gasteiger partial charge >= 0.3 is 0 Å². The predicted octanol–water partition coefficient (Wildman–Crippen LogP) is 3.10. The highest BCUT2D eigenvalue weighted by atomic mass is 16.3. The lowest BCUT2D eigenvalue weighted by Gasteiger charge is -2.15. The standard InChI is InChI=1S/C9H10O2.C6H13N/c1-6-3-8(5-10)4-7(2)9(6)11;7-6-4-2-1-3-5-6/h3-5,11H,1-2H3;6H,1-5,7H2. The van der Waals surface area contributed by atoms with Gasteiger partial charge in [0, 0.05) is 11.6 Å². The molecule has 2 rings (SSSR count). The predicted molar refractivity (Wildman–Crippen MR) is 74.0 cm³/mol. The number of aromatic hydroxyl groups is 1. The van der Waals surface area contributed by atoms with Crippen LogP contribution in [0.25, 0.3) is 0 Å². The van der Waals surface area contributed by atoms with Gasteiger partial charge in [0.05, 0.1) is 0 Å². The first-order valence-electron chi connectivity index (χ1n) is 6.55. The van der Waals surface area contributed by atoms with Crippen molar-refractivity contribution in [3.05, 3.63) is 28.8 Å². The second-order valence-electron chi connectivity index (χ2n) is 5.02. The lowest BCUT2D eigenvalue weighted by molar-refractivity contribution is 0.112. The fraction of sp³-hybridized carbons (Fsp3) is 0.533. The van der Waals surface area contributed by atoms with Crippen molar-refractivity contribution >= 4 is 6.29 Å². The summed E-state index contributed by atoms with van der Waals surface area (Å²) in [5.41, 5.74) is 7.73. The van der Waals surface area contributed by atoms with Gasteiger partial charge in [0.2, 0.25) is 0 Å². The molecule has 0 radical (unpaired) electrons. The van der Waals surface area contributed by atoms with Crippen LogP contribution in [0.2, 0.25) is 0 Å². The van der Waals surface area contributed by atoms with Gasteiger partial charge in [-0.15, -0.1) is 0 Å². The monoisotopic (exact) mass is 249 g/mol. The molecule has 3 heteroatoms. The van der Waals surface area contributed by atoms with Gasteiger partial charge in [-0.05, 0) is 49.9 Å². The van der Waals surface area contributed by atoms with Gasteiger partial charge in [-0.2, -0.15) is 0 Å². The quantitative estimate of drug-likeness (QED) is 0.752. The Labute approximate surface area is 109 Å². The van der Waals surface area contributed by atoms with E-state index >= 15 is 0 Å². The SMILES string of the molecule is Cc1cc(C=O)cc(C)c1O.NC1CCCCC1. The maximum Gasteiger partial charge on any atom is 0.150 e. The van der Waals surface area contributed by atoms with Crippen LogP contribution in [0.15, 0.2) is 12.1 Å². The third kappa shape index (κ3) is 4.49. The number of carbonyl (C=O) groups excluding carboxylic acids is 1. The minimum absolute atomic E-state index is 0.274. The lowest BCUT2D eigenvalue weighted by Crippen LogP contribution is -2.22. The van der Waals surface area contributed by atoms with Crippen LogP contribution in [-0.2, 0) is 0 Å². The Morgan fingerprint density at radius 3 is 2.00 bits per heavy atom. The van der Waals surface area contributed by atoms with Crippen molar-refractivity contribution in [3.63, 3.8) is 0 Å². The lowest BCUT2D eigenvalue weighted by atomic mass is 9.97. The van der Waals surface area contributed by atoms with Gasteiger partial charge in [0.15, 0.2) is 0 Å². The summed E-state index contributed by atoms with van der Waals surface area (Å²) in [6.07, 6.45) is 7.44. The molecule has 0 unspecified atom stereocenters. The highest BCUT2D eigenvalue weighted by Gasteiger charge is 2.06. The fourth-order valence-electron chi connectivity index (χ4n) is 2.19. The molecular weight excluding hydrogens is 226 g/mol. The Hall–Kier alpha value is -1.35. The molecule has 0 saturated heterocycles. The Morgan fingerprint density at radius 1 is 1.17 bits per heavy atom. The molecule has 0 heterocycles. The number of phenols is 1. The van der Waals surface area contributed by atoms with Crippen molar-refractivity contribution in [1.29, 1.82) is 0 Å². The van der Waals surface area contributed by atoms with E-state index in [1.165, 1.54) is 32.1 Å². The Morgan fingerprint density at radius 2 is 1.67 bits per heavy atom. The molecule has 1 aliphatic rings. The summed E-state index contributed by atoms with van der Waals surface area (Å²) in [5.74, 6) is 0.274. The van der Waals surface area contributed by atoms with Crippen LogP contribution in [0.4, 0.5) is 0 Å². The first-order chi connectivity index (χ1) is 8.54. The van der Waals surface area contributed by atoms with Crippen LogP contribution in [0.3, 0.4) is 0 Å². The number of carbonyl (C=O) groups is 1. The van der Waals surface area contributed by atoms with E-state index in [9.17, 15) is 9.90 Å². The molecule has 18 heavy (non-hydrogen) atoms. The minimum Gasteiger partial charge on any atom is -0.507 e. The molecule has 0 atom stereocenters. The second-order valence-corrected chi connectivity index (χ2v) is 5.02. The number of phenolic OH excluding ortho intramolecular Hbond substituents is 1. The maximum atomic E-state index is 10.3. The molecule has 0 aromatic heterocycles. The largest absolute Gasteiger partial charge is 0.507 e. The van der Waals surface area contributed by atoms with Crippen LogP contribution in [-0.4, -0.2) is 17.4 Å². The van der Waals surface area contributed by atoms with Gasteiger partial charge in [0.25, 0.3) is 0 Å². The van der Waals surface area contributed by atoms with E-state index in [0.717, 1.165) is 17.4 Å². The molecule has 1 fully saturated rings. The summed E-state index contributed by atoms with van der Waals surface area (Å²) >= 11 is 0. The van der Waals surface area contributed by atoms with Crippen molar-refractivity contribution < 1.29 is 9.90 Å². The third-order valence-corrected chi connectivity index (χ3v) is 3.30. The van der Waals surface area contributed by atoms with E-state index in [2.05, 4.69) is 0 Å². The highest BCUT2D eigenvalue weighted by molar-refractivity contribution is 5.76. The van der Waals surface area contributed by atoms with Gasteiger partial charge in [0.1, 0.15) is 12.0 Å². The van der Waals surface area contributed by atoms with E-state index in [4.69, 9.17) is 5.73 Å². The average Bonchev–Trinajstić information content (AvgIpc) is 2.37. The van der Waals surface area contributed by atoms with E-state index in [1.54, 1.807) is 26.0 Å². The highest BCUT2D eigenvalue weighted by Crippen LogP contribution is 2.21. The van der Waals surface area contributed by atoms with Crippen molar-refractivity contribution in [3.8, 4) is 5.75 Å². The van der Waals surface area contributed by atoms with Crippen molar-refractivity contribution in [1.82, 2.24) is 0 Å². The van der Waals surface area contributed by atoms with E-state index in [-0.39, 0.29) is 5.75 Å². The van der Waals surface area contributed by atoms with Gasteiger partial charge in [-0.3, -0.25) is 4.79 Å². The molecule has 3 N–H and O–H groups in total. The molecule has 0 aliphatic heterocycles. The first-order valence-corrected chi connectivity index (χ1v) is 6.55. The summed E-state index contributed by atoms with van der Waals surface area (Å²) in [6, 6.07) is 3.86. The van der Waals surface area contributed by atoms with Crippen molar-refractivity contribution in [2.24, 2.45) is 5.73 Å². The zero-order valence-electron chi connectivity index (χ0n) is 11.3. The molecule has 1 aromatic carbocycles. The molecule has 100 valence electrons. The molecule has 0 amide bonds. The fourth-order valence-corrected chi connectivity index (χ4v) is 2.19. The van der Waals surface area contributed by atoms with Crippen molar-refractivity contribution in [2.75, 3.05) is 0 Å². The summed E-state index contributed by atoms with van der Waals surface area (Å²) in [5, 5.41) is 9.31. The van der Waals surface area contributed by atoms with Crippen LogP contribution in [0, 0.1) is 13.8 Å². The number of hydrogen-bond acceptors (Lipinski definition) is 3. The normalized spacial score (nSPS) is 15.7. The minimum atomic E-state index is 0.274. The summed E-state index contributed by atoms with van der Waals surface area (Å²) in [7, 11) is 0. The topological polar surface area (TPSA) is 63.3 Å². The van der Waals surface area contributed by atoms with E-state index in [1.807, 2.05) is 0 Å². The maximum absolute atomic E-state index is 10.3. The van der Waals surface area contributed by atoms with Crippen LogP contribution in [0.1, 0.15) is 53.6 Å². The van der Waals surface area contributed by atoms with E-state index < -0.39 is 0 Å². The zero-order chi connectivity index (χ0) is 13.5. The molecule has 0 bridgehead atoms. The number of aryl methyl sites for hydroxylation is 2. The molecule has 1 aliphatic carbocycles. The number of nitrogens with two attached hydrogens (primary N) is 1. The van der Waals surface area contributed by atoms with Crippen molar-refractivity contribution in [2.45, 2.75) is 52.0 Å². The van der Waals surface area contributed by atoms with Crippen LogP contribution >= 0.6 is 0 Å². The average molecular weight is 249 g/mol. The van der Waals surface area contributed by atoms with Gasteiger partial charge < -0.3 is 10.8 Å². The zero-order valence-corrected chi connectivity index (χ0v) is 11.3. The Bertz CT molecular complexity index is 372. The molecule has 1 aromatic rings. The first kappa shape index (κ1) is 14.7. The smallest absolute Gasteiger partial charge is 0.150 e. The number of aldehydes is 1. The Kier molecular flexibility index (Phi) is 5.86. The molecule has 3 nitrogen and oxygen atoms in total. The third-order valence-electron chi connectivity index (χ3n) is 3.30. The number of benzene rings is 1. The van der Waals surface area contributed by atoms with Gasteiger partial charge in [-0.25, -0.2) is 0 Å². The second kappa shape index (κ2) is 7.17. The molecular formula is C15H23NO2. The van der Waals surface area contributed by atoms with E-state index in [0.29, 0.717) is 11.6 Å².